The predicted molar refractivity (Wildman–Crippen MR) is 107 cm³/mol. The van der Waals surface area contributed by atoms with E-state index in [0.717, 1.165) is 29.3 Å². The summed E-state index contributed by atoms with van der Waals surface area (Å²) in [5, 5.41) is 0. The number of halogens is 1. The topological polar surface area (TPSA) is 63.7 Å². The number of sulfonamides is 1. The van der Waals surface area contributed by atoms with E-state index in [0.29, 0.717) is 18.7 Å². The molecule has 2 aromatic carbocycles. The Kier molecular flexibility index (Phi) is 6.34. The summed E-state index contributed by atoms with van der Waals surface area (Å²) < 4.78 is 33.5. The van der Waals surface area contributed by atoms with Crippen molar-refractivity contribution in [3.63, 3.8) is 0 Å². The lowest BCUT2D eigenvalue weighted by Crippen LogP contribution is -2.35. The molecule has 3 rings (SSSR count). The quantitative estimate of drug-likeness (QED) is 0.635. The molecule has 0 N–H and O–H groups in total. The van der Waals surface area contributed by atoms with E-state index in [2.05, 4.69) is 15.9 Å². The van der Waals surface area contributed by atoms with Crippen LogP contribution in [-0.4, -0.2) is 31.8 Å². The van der Waals surface area contributed by atoms with Crippen molar-refractivity contribution in [1.29, 1.82) is 0 Å². The number of carbonyl (C=O) groups is 1. The van der Waals surface area contributed by atoms with Gasteiger partial charge in [0.2, 0.25) is 10.0 Å². The van der Waals surface area contributed by atoms with Crippen molar-refractivity contribution in [2.75, 3.05) is 13.1 Å². The van der Waals surface area contributed by atoms with Crippen LogP contribution in [0.4, 0.5) is 0 Å². The zero-order valence-corrected chi connectivity index (χ0v) is 17.6. The number of aryl methyl sites for hydroxylation is 1. The molecule has 1 aliphatic heterocycles. The highest BCUT2D eigenvalue weighted by Crippen LogP contribution is 2.23. The minimum absolute atomic E-state index is 0.134. The van der Waals surface area contributed by atoms with Crippen molar-refractivity contribution in [3.05, 3.63) is 63.6 Å². The van der Waals surface area contributed by atoms with Gasteiger partial charge in [0.1, 0.15) is 6.61 Å². The molecule has 144 valence electrons. The summed E-state index contributed by atoms with van der Waals surface area (Å²) >= 11 is 3.36. The Balaban J connectivity index is 1.78. The first kappa shape index (κ1) is 20.0. The van der Waals surface area contributed by atoms with E-state index in [4.69, 9.17) is 4.74 Å². The fraction of sp³-hybridized carbons (Fsp3) is 0.350. The van der Waals surface area contributed by atoms with Crippen LogP contribution in [0.3, 0.4) is 0 Å². The molecule has 0 unspecified atom stereocenters. The number of esters is 1. The maximum Gasteiger partial charge on any atom is 0.338 e. The number of rotatable bonds is 5. The first-order valence-electron chi connectivity index (χ1n) is 8.90. The Morgan fingerprint density at radius 2 is 1.74 bits per heavy atom. The lowest BCUT2D eigenvalue weighted by molar-refractivity contribution is 0.0471. The van der Waals surface area contributed by atoms with Gasteiger partial charge >= 0.3 is 5.97 Å². The van der Waals surface area contributed by atoms with Gasteiger partial charge in [0.25, 0.3) is 0 Å². The normalized spacial score (nSPS) is 15.5. The third-order valence-electron chi connectivity index (χ3n) is 4.66. The SMILES string of the molecule is Cc1ccc(S(=O)(=O)N2CCCCC2)cc1C(=O)OCc1ccc(Br)cc1. The molecule has 7 heteroatoms. The van der Waals surface area contributed by atoms with Crippen LogP contribution in [-0.2, 0) is 21.4 Å². The maximum atomic E-state index is 12.9. The Bertz CT molecular complexity index is 919. The van der Waals surface area contributed by atoms with Gasteiger partial charge in [-0.3, -0.25) is 0 Å². The van der Waals surface area contributed by atoms with Gasteiger partial charge in [-0.2, -0.15) is 4.31 Å². The van der Waals surface area contributed by atoms with Gasteiger partial charge in [0.05, 0.1) is 10.5 Å². The first-order chi connectivity index (χ1) is 12.9. The monoisotopic (exact) mass is 451 g/mol. The third-order valence-corrected chi connectivity index (χ3v) is 7.09. The highest BCUT2D eigenvalue weighted by molar-refractivity contribution is 9.10. The van der Waals surface area contributed by atoms with Crippen molar-refractivity contribution in [3.8, 4) is 0 Å². The second kappa shape index (κ2) is 8.54. The van der Waals surface area contributed by atoms with Crippen molar-refractivity contribution >= 4 is 31.9 Å². The van der Waals surface area contributed by atoms with Crippen LogP contribution < -0.4 is 0 Å². The minimum atomic E-state index is -3.59. The van der Waals surface area contributed by atoms with E-state index < -0.39 is 16.0 Å². The smallest absolute Gasteiger partial charge is 0.338 e. The molecule has 0 radical (unpaired) electrons. The molecule has 2 aromatic rings. The number of carbonyl (C=O) groups excluding carboxylic acids is 1. The second-order valence-corrected chi connectivity index (χ2v) is 9.50. The van der Waals surface area contributed by atoms with E-state index in [1.807, 2.05) is 24.3 Å². The van der Waals surface area contributed by atoms with E-state index in [9.17, 15) is 13.2 Å². The number of piperidine rings is 1. The number of nitrogens with zero attached hydrogens (tertiary/aromatic N) is 1. The largest absolute Gasteiger partial charge is 0.457 e. The van der Waals surface area contributed by atoms with Crippen molar-refractivity contribution in [2.24, 2.45) is 0 Å². The number of hydrogen-bond donors (Lipinski definition) is 0. The summed E-state index contributed by atoms with van der Waals surface area (Å²) in [7, 11) is -3.59. The average Bonchev–Trinajstić information content (AvgIpc) is 2.68. The van der Waals surface area contributed by atoms with Crippen molar-refractivity contribution in [1.82, 2.24) is 4.31 Å². The fourth-order valence-corrected chi connectivity index (χ4v) is 4.85. The van der Waals surface area contributed by atoms with Crippen molar-refractivity contribution in [2.45, 2.75) is 37.7 Å². The molecule has 1 fully saturated rings. The molecule has 0 amide bonds. The van der Waals surface area contributed by atoms with Gasteiger partial charge in [-0.25, -0.2) is 13.2 Å². The molecule has 27 heavy (non-hydrogen) atoms. The molecule has 1 heterocycles. The van der Waals surface area contributed by atoms with Crippen LogP contribution in [0.2, 0.25) is 0 Å². The van der Waals surface area contributed by atoms with E-state index >= 15 is 0 Å². The summed E-state index contributed by atoms with van der Waals surface area (Å²) in [6.45, 7) is 2.96. The fourth-order valence-electron chi connectivity index (χ4n) is 3.04. The summed E-state index contributed by atoms with van der Waals surface area (Å²) in [5.41, 5.74) is 1.83. The Labute approximate surface area is 168 Å². The van der Waals surface area contributed by atoms with Gasteiger partial charge in [-0.1, -0.05) is 40.5 Å². The van der Waals surface area contributed by atoms with E-state index in [1.165, 1.54) is 10.4 Å². The lowest BCUT2D eigenvalue weighted by atomic mass is 10.1. The van der Waals surface area contributed by atoms with Crippen LogP contribution in [0.25, 0.3) is 0 Å². The number of hydrogen-bond acceptors (Lipinski definition) is 4. The van der Waals surface area contributed by atoms with Gasteiger partial charge in [-0.05, 0) is 55.2 Å². The molecular weight excluding hydrogens is 430 g/mol. The second-order valence-electron chi connectivity index (χ2n) is 6.64. The molecule has 0 aliphatic carbocycles. The van der Waals surface area contributed by atoms with E-state index in [-0.39, 0.29) is 17.1 Å². The predicted octanol–water partition coefficient (Wildman–Crippen LogP) is 4.29. The zero-order valence-electron chi connectivity index (χ0n) is 15.2. The molecule has 1 aliphatic rings. The van der Waals surface area contributed by atoms with Gasteiger partial charge in [-0.15, -0.1) is 0 Å². The molecule has 1 saturated heterocycles. The average molecular weight is 452 g/mol. The third kappa shape index (κ3) is 4.78. The molecule has 0 atom stereocenters. The minimum Gasteiger partial charge on any atom is -0.457 e. The number of benzene rings is 2. The molecular formula is C20H22BrNO4S. The molecule has 5 nitrogen and oxygen atoms in total. The summed E-state index contributed by atoms with van der Waals surface area (Å²) in [6.07, 6.45) is 2.79. The van der Waals surface area contributed by atoms with Crippen LogP contribution in [0, 0.1) is 6.92 Å². The molecule has 0 saturated carbocycles. The van der Waals surface area contributed by atoms with Crippen LogP contribution in [0.1, 0.15) is 40.7 Å². The lowest BCUT2D eigenvalue weighted by Gasteiger charge is -2.26. The van der Waals surface area contributed by atoms with Crippen molar-refractivity contribution < 1.29 is 17.9 Å². The maximum absolute atomic E-state index is 12.9. The first-order valence-corrected chi connectivity index (χ1v) is 11.1. The Morgan fingerprint density at radius 3 is 2.41 bits per heavy atom. The van der Waals surface area contributed by atoms with Gasteiger partial charge in [0, 0.05) is 17.6 Å². The summed E-state index contributed by atoms with van der Waals surface area (Å²) in [4.78, 5) is 12.7. The highest BCUT2D eigenvalue weighted by Gasteiger charge is 2.27. The van der Waals surface area contributed by atoms with Gasteiger partial charge in [0.15, 0.2) is 0 Å². The summed E-state index contributed by atoms with van der Waals surface area (Å²) in [5.74, 6) is -0.522. The standard InChI is InChI=1S/C20H22BrNO4S/c1-15-5-10-18(27(24,25)22-11-3-2-4-12-22)13-19(15)20(23)26-14-16-6-8-17(21)9-7-16/h5-10,13H,2-4,11-12,14H2,1H3. The van der Waals surface area contributed by atoms with Crippen LogP contribution in [0.15, 0.2) is 51.8 Å². The highest BCUT2D eigenvalue weighted by atomic mass is 79.9. The Morgan fingerprint density at radius 1 is 1.07 bits per heavy atom. The van der Waals surface area contributed by atoms with Crippen LogP contribution >= 0.6 is 15.9 Å². The Hall–Kier alpha value is -1.70. The molecule has 0 spiro atoms. The molecule has 0 bridgehead atoms. The summed E-state index contributed by atoms with van der Waals surface area (Å²) in [6, 6.07) is 12.1. The van der Waals surface area contributed by atoms with E-state index in [1.54, 1.807) is 19.1 Å². The molecule has 0 aromatic heterocycles. The van der Waals surface area contributed by atoms with Gasteiger partial charge < -0.3 is 4.74 Å². The zero-order chi connectivity index (χ0) is 19.4. The van der Waals surface area contributed by atoms with Crippen LogP contribution in [0.5, 0.6) is 0 Å². The number of ether oxygens (including phenoxy) is 1.